The molecule has 0 unspecified atom stereocenters. The van der Waals surface area contributed by atoms with Crippen LogP contribution in [0.5, 0.6) is 23.0 Å². The Bertz CT molecular complexity index is 1970. The fourth-order valence-corrected chi connectivity index (χ4v) is 6.04. The van der Waals surface area contributed by atoms with Gasteiger partial charge in [-0.1, -0.05) is 53.8 Å². The van der Waals surface area contributed by atoms with Crippen molar-refractivity contribution in [2.75, 3.05) is 34.0 Å². The molecule has 0 fully saturated rings. The summed E-state index contributed by atoms with van der Waals surface area (Å²) in [6.45, 7) is 3.98. The van der Waals surface area contributed by atoms with Crippen molar-refractivity contribution in [2.45, 2.75) is 19.9 Å². The molecule has 10 nitrogen and oxygen atoms in total. The minimum absolute atomic E-state index is 0.124. The maximum absolute atomic E-state index is 14.2. The van der Waals surface area contributed by atoms with Crippen LogP contribution in [0.2, 0.25) is 0 Å². The third-order valence-corrected chi connectivity index (χ3v) is 7.94. The van der Waals surface area contributed by atoms with Crippen LogP contribution >= 0.6 is 11.3 Å². The van der Waals surface area contributed by atoms with Crippen LogP contribution in [0, 0.1) is 11.3 Å². The number of hydrogen-bond donors (Lipinski definition) is 0. The zero-order chi connectivity index (χ0) is 31.9. The molecule has 0 amide bonds. The average molecular weight is 626 g/mol. The second-order valence-electron chi connectivity index (χ2n) is 9.63. The quantitative estimate of drug-likeness (QED) is 0.227. The van der Waals surface area contributed by atoms with Crippen LogP contribution in [-0.4, -0.2) is 44.6 Å². The number of carbonyl (C=O) groups is 1. The van der Waals surface area contributed by atoms with Crippen molar-refractivity contribution in [1.82, 2.24) is 4.57 Å². The van der Waals surface area contributed by atoms with Gasteiger partial charge in [0.25, 0.3) is 5.56 Å². The van der Waals surface area contributed by atoms with Gasteiger partial charge in [-0.25, -0.2) is 9.79 Å². The summed E-state index contributed by atoms with van der Waals surface area (Å²) in [5, 5.41) is 8.93. The lowest BCUT2D eigenvalue weighted by atomic mass is 9.93. The van der Waals surface area contributed by atoms with Crippen LogP contribution in [0.25, 0.3) is 11.8 Å². The van der Waals surface area contributed by atoms with Crippen molar-refractivity contribution in [3.63, 3.8) is 0 Å². The molecule has 1 aromatic heterocycles. The van der Waals surface area contributed by atoms with Crippen LogP contribution in [-0.2, 0) is 9.53 Å². The van der Waals surface area contributed by atoms with E-state index in [4.69, 9.17) is 33.9 Å². The molecule has 0 spiro atoms. The van der Waals surface area contributed by atoms with Crippen molar-refractivity contribution in [3.8, 4) is 29.1 Å². The van der Waals surface area contributed by atoms with E-state index in [-0.39, 0.29) is 24.3 Å². The lowest BCUT2D eigenvalue weighted by Gasteiger charge is -2.26. The van der Waals surface area contributed by atoms with Gasteiger partial charge in [0, 0.05) is 5.56 Å². The summed E-state index contributed by atoms with van der Waals surface area (Å²) in [6, 6.07) is 20.9. The Labute approximate surface area is 263 Å². The molecule has 1 aliphatic rings. The van der Waals surface area contributed by atoms with Gasteiger partial charge in [0.1, 0.15) is 6.07 Å². The SMILES string of the molecule is CCOC(=O)C1=C(c2ccccc2)N=c2s/c(=C\c3ccc(OCC#N)c(OCC)c3)c(=O)n2[C@@H]1c1ccc(OC)c(OC)c1. The van der Waals surface area contributed by atoms with Crippen molar-refractivity contribution in [3.05, 3.63) is 109 Å². The molecule has 0 aliphatic carbocycles. The van der Waals surface area contributed by atoms with Gasteiger partial charge < -0.3 is 23.7 Å². The number of rotatable bonds is 11. The number of aromatic nitrogens is 1. The minimum atomic E-state index is -0.877. The summed E-state index contributed by atoms with van der Waals surface area (Å²) >= 11 is 1.21. The van der Waals surface area contributed by atoms with E-state index in [2.05, 4.69) is 0 Å². The second kappa shape index (κ2) is 14.0. The van der Waals surface area contributed by atoms with E-state index >= 15 is 0 Å². The highest BCUT2D eigenvalue weighted by Gasteiger charge is 2.35. The van der Waals surface area contributed by atoms with Crippen LogP contribution in [0.15, 0.2) is 82.1 Å². The summed E-state index contributed by atoms with van der Waals surface area (Å²) in [6.07, 6.45) is 1.74. The third kappa shape index (κ3) is 6.32. The van der Waals surface area contributed by atoms with Gasteiger partial charge in [0.2, 0.25) is 0 Å². The molecule has 3 aromatic carbocycles. The molecular formula is C34H31N3O7S. The Hall–Kier alpha value is -5.34. The average Bonchev–Trinajstić information content (AvgIpc) is 3.37. The first-order valence-corrected chi connectivity index (χ1v) is 15.0. The molecular weight excluding hydrogens is 594 g/mol. The van der Waals surface area contributed by atoms with E-state index in [9.17, 15) is 9.59 Å². The van der Waals surface area contributed by atoms with Crippen molar-refractivity contribution in [2.24, 2.45) is 4.99 Å². The first-order valence-electron chi connectivity index (χ1n) is 14.2. The number of nitriles is 1. The third-order valence-electron chi connectivity index (χ3n) is 6.95. The first kappa shape index (κ1) is 31.1. The molecule has 1 aliphatic heterocycles. The first-order chi connectivity index (χ1) is 21.9. The highest BCUT2D eigenvalue weighted by molar-refractivity contribution is 7.07. The molecule has 4 aromatic rings. The number of hydrogen-bond acceptors (Lipinski definition) is 10. The molecule has 5 rings (SSSR count). The van der Waals surface area contributed by atoms with Crippen LogP contribution in [0.4, 0.5) is 0 Å². The number of methoxy groups -OCH3 is 2. The standard InChI is InChI=1S/C34H31N3O7S/c1-5-42-27-18-21(12-14-25(27)44-17-16-35)19-28-32(38)37-31(23-13-15-24(40-3)26(20-23)41-4)29(33(39)43-6-2)30(36-34(37)45-28)22-10-8-7-9-11-22/h7-15,18-20,31H,5-6,17H2,1-4H3/b28-19-/t31-/m1/s1. The Kier molecular flexibility index (Phi) is 9.65. The van der Waals surface area contributed by atoms with Gasteiger partial charge in [0.15, 0.2) is 34.4 Å². The van der Waals surface area contributed by atoms with Gasteiger partial charge in [-0.3, -0.25) is 9.36 Å². The molecule has 230 valence electrons. The highest BCUT2D eigenvalue weighted by atomic mass is 32.1. The van der Waals surface area contributed by atoms with E-state index in [1.165, 1.54) is 30.1 Å². The zero-order valence-electron chi connectivity index (χ0n) is 25.2. The second-order valence-corrected chi connectivity index (χ2v) is 10.6. The predicted molar refractivity (Wildman–Crippen MR) is 169 cm³/mol. The number of fused-ring (bicyclic) bond motifs is 1. The molecule has 0 N–H and O–H groups in total. The van der Waals surface area contributed by atoms with Crippen molar-refractivity contribution >= 4 is 29.1 Å². The van der Waals surface area contributed by atoms with Crippen LogP contribution in [0.1, 0.15) is 36.6 Å². The summed E-state index contributed by atoms with van der Waals surface area (Å²) in [5.74, 6) is 1.25. The molecule has 0 saturated heterocycles. The largest absolute Gasteiger partial charge is 0.493 e. The fraction of sp³-hybridized carbons (Fsp3) is 0.235. The number of thiazole rings is 1. The van der Waals surface area contributed by atoms with Gasteiger partial charge in [0.05, 0.1) is 49.3 Å². The number of esters is 1. The molecule has 1 atom stereocenters. The molecule has 2 heterocycles. The molecule has 0 radical (unpaired) electrons. The molecule has 0 saturated carbocycles. The van der Waals surface area contributed by atoms with E-state index in [1.54, 1.807) is 49.4 Å². The fourth-order valence-electron chi connectivity index (χ4n) is 5.04. The number of nitrogens with zero attached hydrogens (tertiary/aromatic N) is 3. The lowest BCUT2D eigenvalue weighted by molar-refractivity contribution is -0.138. The Morgan fingerprint density at radius 3 is 2.40 bits per heavy atom. The number of carbonyl (C=O) groups excluding carboxylic acids is 1. The lowest BCUT2D eigenvalue weighted by Crippen LogP contribution is -2.40. The van der Waals surface area contributed by atoms with Gasteiger partial charge in [-0.15, -0.1) is 0 Å². The predicted octanol–water partition coefficient (Wildman–Crippen LogP) is 4.25. The topological polar surface area (TPSA) is 121 Å². The summed E-state index contributed by atoms with van der Waals surface area (Å²) in [4.78, 5) is 33.2. The minimum Gasteiger partial charge on any atom is -0.493 e. The summed E-state index contributed by atoms with van der Waals surface area (Å²) < 4.78 is 29.7. The van der Waals surface area contributed by atoms with Crippen LogP contribution < -0.4 is 33.8 Å². The Morgan fingerprint density at radius 2 is 1.71 bits per heavy atom. The maximum Gasteiger partial charge on any atom is 0.338 e. The highest BCUT2D eigenvalue weighted by Crippen LogP contribution is 2.38. The molecule has 0 bridgehead atoms. The van der Waals surface area contributed by atoms with Gasteiger partial charge >= 0.3 is 5.97 Å². The maximum atomic E-state index is 14.2. The number of ether oxygens (including phenoxy) is 5. The summed E-state index contributed by atoms with van der Waals surface area (Å²) in [5.41, 5.74) is 2.31. The van der Waals surface area contributed by atoms with E-state index in [0.29, 0.717) is 61.3 Å². The normalized spacial score (nSPS) is 14.2. The monoisotopic (exact) mass is 625 g/mol. The van der Waals surface area contributed by atoms with E-state index in [1.807, 2.05) is 43.3 Å². The van der Waals surface area contributed by atoms with Gasteiger partial charge in [-0.2, -0.15) is 5.26 Å². The van der Waals surface area contributed by atoms with Crippen molar-refractivity contribution in [1.29, 1.82) is 5.26 Å². The smallest absolute Gasteiger partial charge is 0.338 e. The van der Waals surface area contributed by atoms with E-state index < -0.39 is 12.0 Å². The molecule has 11 heteroatoms. The summed E-state index contributed by atoms with van der Waals surface area (Å²) in [7, 11) is 3.06. The van der Waals surface area contributed by atoms with Crippen molar-refractivity contribution < 1.29 is 28.5 Å². The Balaban J connectivity index is 1.77. The van der Waals surface area contributed by atoms with Gasteiger partial charge in [-0.05, 0) is 55.3 Å². The van der Waals surface area contributed by atoms with E-state index in [0.717, 1.165) is 0 Å². The Morgan fingerprint density at radius 1 is 0.956 bits per heavy atom. The number of benzene rings is 3. The molecule has 45 heavy (non-hydrogen) atoms. The zero-order valence-corrected chi connectivity index (χ0v) is 26.1. The van der Waals surface area contributed by atoms with Crippen LogP contribution in [0.3, 0.4) is 0 Å².